The highest BCUT2D eigenvalue weighted by molar-refractivity contribution is 8.27. The summed E-state index contributed by atoms with van der Waals surface area (Å²) in [4.78, 5) is 14.7. The number of hydrogen-bond donors (Lipinski definition) is 0. The smallest absolute Gasteiger partial charge is 0.270 e. The van der Waals surface area contributed by atoms with Crippen molar-refractivity contribution in [1.82, 2.24) is 0 Å². The number of halogens is 2. The molecule has 0 atom stereocenters. The Morgan fingerprint density at radius 3 is 2.50 bits per heavy atom. The Balaban J connectivity index is 1.98. The molecule has 2 aromatic rings. The number of thiocarbonyl (C=S) groups is 1. The second-order valence-corrected chi connectivity index (χ2v) is 7.44. The van der Waals surface area contributed by atoms with Gasteiger partial charge in [0.2, 0.25) is 0 Å². The van der Waals surface area contributed by atoms with Crippen molar-refractivity contribution in [3.05, 3.63) is 63.0 Å². The maximum atomic E-state index is 12.8. The van der Waals surface area contributed by atoms with Gasteiger partial charge in [0.1, 0.15) is 5.75 Å². The van der Waals surface area contributed by atoms with E-state index in [1.807, 2.05) is 24.3 Å². The average Bonchev–Trinajstić information content (AvgIpc) is 2.81. The molecule has 1 fully saturated rings. The molecule has 0 N–H and O–H groups in total. The fourth-order valence-corrected chi connectivity index (χ4v) is 4.09. The summed E-state index contributed by atoms with van der Waals surface area (Å²) in [5.74, 6) is 0.475. The van der Waals surface area contributed by atoms with E-state index in [9.17, 15) is 4.79 Å². The molecule has 0 spiro atoms. The number of ether oxygens (including phenoxy) is 1. The Labute approximate surface area is 159 Å². The van der Waals surface area contributed by atoms with Crippen LogP contribution >= 0.6 is 47.2 Å². The van der Waals surface area contributed by atoms with Crippen molar-refractivity contribution < 1.29 is 9.53 Å². The van der Waals surface area contributed by atoms with E-state index >= 15 is 0 Å². The largest absolute Gasteiger partial charge is 0.496 e. The van der Waals surface area contributed by atoms with Crippen LogP contribution in [0.25, 0.3) is 6.08 Å². The van der Waals surface area contributed by atoms with E-state index in [4.69, 9.17) is 40.2 Å². The third-order valence-electron chi connectivity index (χ3n) is 3.32. The Kier molecular flexibility index (Phi) is 5.15. The molecule has 122 valence electrons. The van der Waals surface area contributed by atoms with Gasteiger partial charge in [-0.05, 0) is 30.3 Å². The lowest BCUT2D eigenvalue weighted by Crippen LogP contribution is -2.27. The van der Waals surface area contributed by atoms with Crippen molar-refractivity contribution in [2.45, 2.75) is 0 Å². The first-order valence-electron chi connectivity index (χ1n) is 6.86. The Bertz CT molecular complexity index is 847. The number of carbonyl (C=O) groups excluding carboxylic acids is 1. The third-order valence-corrected chi connectivity index (χ3v) is 5.06. The van der Waals surface area contributed by atoms with E-state index in [0.29, 0.717) is 30.7 Å². The lowest BCUT2D eigenvalue weighted by Gasteiger charge is -2.15. The number of amides is 1. The van der Waals surface area contributed by atoms with Gasteiger partial charge >= 0.3 is 0 Å². The van der Waals surface area contributed by atoms with Gasteiger partial charge in [-0.25, -0.2) is 0 Å². The molecule has 2 aromatic carbocycles. The second kappa shape index (κ2) is 7.15. The summed E-state index contributed by atoms with van der Waals surface area (Å²) in [7, 11) is 1.59. The van der Waals surface area contributed by atoms with E-state index in [-0.39, 0.29) is 5.91 Å². The van der Waals surface area contributed by atoms with E-state index in [0.717, 1.165) is 5.56 Å². The van der Waals surface area contributed by atoms with Crippen LogP contribution in [0.2, 0.25) is 10.0 Å². The van der Waals surface area contributed by atoms with Crippen molar-refractivity contribution in [2.24, 2.45) is 0 Å². The van der Waals surface area contributed by atoms with Gasteiger partial charge in [-0.2, -0.15) is 0 Å². The maximum Gasteiger partial charge on any atom is 0.270 e. The normalized spacial score (nSPS) is 16.1. The Hall–Kier alpha value is -1.53. The maximum absolute atomic E-state index is 12.8. The van der Waals surface area contributed by atoms with Crippen LogP contribution in [0.4, 0.5) is 5.69 Å². The molecule has 0 aliphatic carbocycles. The van der Waals surface area contributed by atoms with Gasteiger partial charge in [0.25, 0.3) is 5.91 Å². The van der Waals surface area contributed by atoms with Crippen molar-refractivity contribution in [1.29, 1.82) is 0 Å². The lowest BCUT2D eigenvalue weighted by atomic mass is 10.2. The summed E-state index contributed by atoms with van der Waals surface area (Å²) in [6, 6.07) is 12.4. The molecule has 0 radical (unpaired) electrons. The van der Waals surface area contributed by atoms with Crippen LogP contribution in [-0.2, 0) is 4.79 Å². The average molecular weight is 396 g/mol. The minimum Gasteiger partial charge on any atom is -0.496 e. The molecule has 3 nitrogen and oxygen atoms in total. The lowest BCUT2D eigenvalue weighted by molar-refractivity contribution is -0.113. The summed E-state index contributed by atoms with van der Waals surface area (Å²) < 4.78 is 5.74. The van der Waals surface area contributed by atoms with Gasteiger partial charge in [-0.15, -0.1) is 0 Å². The summed E-state index contributed by atoms with van der Waals surface area (Å²) in [5, 5.41) is 0.889. The summed E-state index contributed by atoms with van der Waals surface area (Å²) >= 11 is 18.6. The minimum absolute atomic E-state index is 0.214. The van der Waals surface area contributed by atoms with Crippen LogP contribution in [0.15, 0.2) is 47.4 Å². The van der Waals surface area contributed by atoms with Gasteiger partial charge in [-0.1, -0.05) is 65.4 Å². The SMILES string of the molecule is COc1ccccc1/C=C1/SC(=S)N(c2cc(Cl)cc(Cl)c2)C1=O. The molecule has 1 heterocycles. The molecule has 24 heavy (non-hydrogen) atoms. The summed E-state index contributed by atoms with van der Waals surface area (Å²) in [6.45, 7) is 0. The monoisotopic (exact) mass is 395 g/mol. The number of methoxy groups -OCH3 is 1. The number of benzene rings is 2. The van der Waals surface area contributed by atoms with Crippen molar-refractivity contribution in [2.75, 3.05) is 12.0 Å². The molecule has 0 unspecified atom stereocenters. The number of carbonyl (C=O) groups is 1. The summed E-state index contributed by atoms with van der Waals surface area (Å²) in [5.41, 5.74) is 1.36. The molecular weight excluding hydrogens is 385 g/mol. The van der Waals surface area contributed by atoms with Crippen LogP contribution in [0, 0.1) is 0 Å². The number of hydrogen-bond acceptors (Lipinski definition) is 4. The van der Waals surface area contributed by atoms with E-state index in [1.165, 1.54) is 16.7 Å². The van der Waals surface area contributed by atoms with Crippen LogP contribution in [-0.4, -0.2) is 17.3 Å². The molecule has 0 aromatic heterocycles. The fourth-order valence-electron chi connectivity index (χ4n) is 2.29. The van der Waals surface area contributed by atoms with Crippen LogP contribution in [0.3, 0.4) is 0 Å². The number of rotatable bonds is 3. The molecular formula is C17H11Cl2NO2S2. The fraction of sp³-hybridized carbons (Fsp3) is 0.0588. The molecule has 0 bridgehead atoms. The molecule has 1 aliphatic heterocycles. The molecule has 1 aliphatic rings. The molecule has 1 saturated heterocycles. The predicted molar refractivity (Wildman–Crippen MR) is 105 cm³/mol. The first kappa shape index (κ1) is 17.3. The quantitative estimate of drug-likeness (QED) is 0.513. The number of nitrogens with zero attached hydrogens (tertiary/aromatic N) is 1. The molecule has 3 rings (SSSR count). The first-order chi connectivity index (χ1) is 11.5. The standard InChI is InChI=1S/C17H11Cl2NO2S2/c1-22-14-5-3-2-4-10(14)6-15-16(21)20(17(23)24-15)13-8-11(18)7-12(19)9-13/h2-9H,1H3/b15-6+. The first-order valence-corrected chi connectivity index (χ1v) is 8.85. The number of para-hydroxylation sites is 1. The minimum atomic E-state index is -0.214. The highest BCUT2D eigenvalue weighted by Gasteiger charge is 2.33. The zero-order chi connectivity index (χ0) is 17.3. The predicted octanol–water partition coefficient (Wildman–Crippen LogP) is 5.41. The highest BCUT2D eigenvalue weighted by Crippen LogP contribution is 2.38. The number of thioether (sulfide) groups is 1. The third kappa shape index (κ3) is 3.44. The van der Waals surface area contributed by atoms with Crippen LogP contribution < -0.4 is 9.64 Å². The van der Waals surface area contributed by atoms with Gasteiger partial charge in [0, 0.05) is 15.6 Å². The van der Waals surface area contributed by atoms with Gasteiger partial charge in [0.15, 0.2) is 4.32 Å². The Morgan fingerprint density at radius 1 is 1.17 bits per heavy atom. The highest BCUT2D eigenvalue weighted by atomic mass is 35.5. The zero-order valence-electron chi connectivity index (χ0n) is 12.5. The summed E-state index contributed by atoms with van der Waals surface area (Å²) in [6.07, 6.45) is 1.77. The van der Waals surface area contributed by atoms with Crippen molar-refractivity contribution in [3.63, 3.8) is 0 Å². The molecule has 7 heteroatoms. The van der Waals surface area contributed by atoms with Gasteiger partial charge in [-0.3, -0.25) is 9.69 Å². The van der Waals surface area contributed by atoms with E-state index in [2.05, 4.69) is 0 Å². The number of anilines is 1. The van der Waals surface area contributed by atoms with Gasteiger partial charge < -0.3 is 4.74 Å². The topological polar surface area (TPSA) is 29.5 Å². The second-order valence-electron chi connectivity index (χ2n) is 4.89. The van der Waals surface area contributed by atoms with Crippen LogP contribution in [0.5, 0.6) is 5.75 Å². The van der Waals surface area contributed by atoms with Crippen molar-refractivity contribution in [3.8, 4) is 5.75 Å². The molecule has 0 saturated carbocycles. The van der Waals surface area contributed by atoms with Crippen molar-refractivity contribution >= 4 is 69.2 Å². The van der Waals surface area contributed by atoms with Crippen LogP contribution in [0.1, 0.15) is 5.56 Å². The Morgan fingerprint density at radius 2 is 1.83 bits per heavy atom. The van der Waals surface area contributed by atoms with Gasteiger partial charge in [0.05, 0.1) is 17.7 Å². The van der Waals surface area contributed by atoms with E-state index in [1.54, 1.807) is 31.4 Å². The zero-order valence-corrected chi connectivity index (χ0v) is 15.6. The van der Waals surface area contributed by atoms with E-state index < -0.39 is 0 Å². The molecule has 1 amide bonds.